The van der Waals surface area contributed by atoms with E-state index in [9.17, 15) is 14.9 Å². The van der Waals surface area contributed by atoms with Crippen molar-refractivity contribution in [3.8, 4) is 11.3 Å². The zero-order valence-electron chi connectivity index (χ0n) is 15.0. The first-order valence-electron chi connectivity index (χ1n) is 8.67. The summed E-state index contributed by atoms with van der Waals surface area (Å²) >= 11 is 12.4. The SMILES string of the molecule is CCCCOC(=O)Cc1c(-c2ccc([N+](=O)[O-])cc2)nc2c(Cl)cc(Cl)cn12. The number of aromatic nitrogens is 2. The molecule has 0 spiro atoms. The van der Waals surface area contributed by atoms with Crippen LogP contribution in [0.5, 0.6) is 0 Å². The summed E-state index contributed by atoms with van der Waals surface area (Å²) in [4.78, 5) is 27.3. The Kier molecular flexibility index (Phi) is 6.16. The van der Waals surface area contributed by atoms with Gasteiger partial charge in [0.05, 0.1) is 39.4 Å². The summed E-state index contributed by atoms with van der Waals surface area (Å²) < 4.78 is 6.93. The number of ether oxygens (including phenoxy) is 1. The quantitative estimate of drug-likeness (QED) is 0.229. The molecule has 9 heteroatoms. The van der Waals surface area contributed by atoms with E-state index in [2.05, 4.69) is 4.98 Å². The van der Waals surface area contributed by atoms with E-state index in [0.717, 1.165) is 12.8 Å². The molecule has 0 radical (unpaired) electrons. The van der Waals surface area contributed by atoms with E-state index in [1.807, 2.05) is 6.92 Å². The van der Waals surface area contributed by atoms with Crippen molar-refractivity contribution in [2.75, 3.05) is 6.61 Å². The van der Waals surface area contributed by atoms with Gasteiger partial charge in [-0.3, -0.25) is 14.9 Å². The molecule has 3 aromatic rings. The molecule has 0 atom stereocenters. The maximum Gasteiger partial charge on any atom is 0.311 e. The van der Waals surface area contributed by atoms with Crippen molar-refractivity contribution in [2.24, 2.45) is 0 Å². The summed E-state index contributed by atoms with van der Waals surface area (Å²) in [6.45, 7) is 2.36. The highest BCUT2D eigenvalue weighted by Crippen LogP contribution is 2.31. The average molecular weight is 422 g/mol. The van der Waals surface area contributed by atoms with Crippen molar-refractivity contribution in [1.29, 1.82) is 0 Å². The van der Waals surface area contributed by atoms with E-state index in [1.165, 1.54) is 12.1 Å². The summed E-state index contributed by atoms with van der Waals surface area (Å²) in [5, 5.41) is 11.6. The molecule has 0 N–H and O–H groups in total. The monoisotopic (exact) mass is 421 g/mol. The molecular formula is C19H17Cl2N3O4. The zero-order chi connectivity index (χ0) is 20.3. The second-order valence-electron chi connectivity index (χ2n) is 6.16. The molecule has 0 amide bonds. The summed E-state index contributed by atoms with van der Waals surface area (Å²) in [6.07, 6.45) is 3.29. The van der Waals surface area contributed by atoms with Crippen molar-refractivity contribution >= 4 is 40.5 Å². The van der Waals surface area contributed by atoms with Gasteiger partial charge in [0.25, 0.3) is 5.69 Å². The molecule has 0 aliphatic rings. The average Bonchev–Trinajstić information content (AvgIpc) is 3.00. The Bertz CT molecular complexity index is 1030. The van der Waals surface area contributed by atoms with Gasteiger partial charge in [0.2, 0.25) is 0 Å². The van der Waals surface area contributed by atoms with Gasteiger partial charge in [0.1, 0.15) is 0 Å². The van der Waals surface area contributed by atoms with Crippen LogP contribution < -0.4 is 0 Å². The van der Waals surface area contributed by atoms with Crippen LogP contribution >= 0.6 is 23.2 Å². The number of non-ortho nitro benzene ring substituents is 1. The van der Waals surface area contributed by atoms with Crippen molar-refractivity contribution in [1.82, 2.24) is 9.38 Å². The summed E-state index contributed by atoms with van der Waals surface area (Å²) in [6, 6.07) is 7.51. The molecule has 7 nitrogen and oxygen atoms in total. The van der Waals surface area contributed by atoms with Crippen molar-refractivity contribution in [3.63, 3.8) is 0 Å². The minimum Gasteiger partial charge on any atom is -0.465 e. The van der Waals surface area contributed by atoms with Crippen LogP contribution in [-0.2, 0) is 16.0 Å². The molecule has 0 aliphatic carbocycles. The Morgan fingerprint density at radius 3 is 2.64 bits per heavy atom. The van der Waals surface area contributed by atoms with E-state index in [0.29, 0.717) is 39.3 Å². The number of imidazole rings is 1. The first-order chi connectivity index (χ1) is 13.4. The highest BCUT2D eigenvalue weighted by Gasteiger charge is 2.20. The number of hydrogen-bond acceptors (Lipinski definition) is 5. The lowest BCUT2D eigenvalue weighted by molar-refractivity contribution is -0.384. The molecule has 2 aromatic heterocycles. The molecule has 0 saturated heterocycles. The van der Waals surface area contributed by atoms with Gasteiger partial charge in [0, 0.05) is 23.9 Å². The minimum atomic E-state index is -0.476. The van der Waals surface area contributed by atoms with Crippen LogP contribution in [0.1, 0.15) is 25.5 Å². The summed E-state index contributed by atoms with van der Waals surface area (Å²) in [5.74, 6) is -0.394. The van der Waals surface area contributed by atoms with Gasteiger partial charge in [-0.2, -0.15) is 0 Å². The normalized spacial score (nSPS) is 11.0. The first-order valence-corrected chi connectivity index (χ1v) is 9.42. The second kappa shape index (κ2) is 8.58. The molecule has 0 aliphatic heterocycles. The number of nitro groups is 1. The topological polar surface area (TPSA) is 86.7 Å². The molecule has 0 saturated carbocycles. The van der Waals surface area contributed by atoms with Gasteiger partial charge >= 0.3 is 5.97 Å². The van der Waals surface area contributed by atoms with E-state index >= 15 is 0 Å². The lowest BCUT2D eigenvalue weighted by Crippen LogP contribution is -2.11. The third-order valence-corrected chi connectivity index (χ3v) is 4.65. The number of esters is 1. The van der Waals surface area contributed by atoms with Crippen LogP contribution in [0.2, 0.25) is 10.0 Å². The van der Waals surface area contributed by atoms with E-state index in [4.69, 9.17) is 27.9 Å². The number of pyridine rings is 1. The zero-order valence-corrected chi connectivity index (χ0v) is 16.5. The Hall–Kier alpha value is -2.64. The number of rotatable bonds is 7. The summed E-state index contributed by atoms with van der Waals surface area (Å²) in [7, 11) is 0. The van der Waals surface area contributed by atoms with Gasteiger partial charge in [-0.1, -0.05) is 36.5 Å². The first kappa shape index (κ1) is 20.1. The number of carbonyl (C=O) groups is 1. The number of halogens is 2. The van der Waals surface area contributed by atoms with Gasteiger partial charge in [-0.25, -0.2) is 4.98 Å². The van der Waals surface area contributed by atoms with Crippen LogP contribution in [0.4, 0.5) is 5.69 Å². The number of nitro benzene ring substituents is 1. The smallest absolute Gasteiger partial charge is 0.311 e. The maximum absolute atomic E-state index is 12.3. The Labute approximate surface area is 171 Å². The van der Waals surface area contributed by atoms with Crippen molar-refractivity contribution in [2.45, 2.75) is 26.2 Å². The van der Waals surface area contributed by atoms with Crippen molar-refractivity contribution in [3.05, 3.63) is 62.4 Å². The molecule has 2 heterocycles. The molecule has 0 bridgehead atoms. The fourth-order valence-corrected chi connectivity index (χ4v) is 3.29. The molecule has 146 valence electrons. The standard InChI is InChI=1S/C19H17Cl2N3O4/c1-2-3-8-28-17(25)10-16-18(12-4-6-14(7-5-12)24(26)27)22-19-15(21)9-13(20)11-23(16)19/h4-7,9,11H,2-3,8,10H2,1H3. The van der Waals surface area contributed by atoms with Gasteiger partial charge in [0.15, 0.2) is 5.65 Å². The second-order valence-corrected chi connectivity index (χ2v) is 7.01. The number of carbonyl (C=O) groups excluding carboxylic acids is 1. The van der Waals surface area contributed by atoms with Crippen LogP contribution in [0.15, 0.2) is 36.5 Å². The van der Waals surface area contributed by atoms with Gasteiger partial charge in [-0.05, 0) is 24.6 Å². The minimum absolute atomic E-state index is 0.0332. The maximum atomic E-state index is 12.3. The van der Waals surface area contributed by atoms with Crippen LogP contribution in [0.3, 0.4) is 0 Å². The molecule has 28 heavy (non-hydrogen) atoms. The van der Waals surface area contributed by atoms with Crippen LogP contribution in [-0.4, -0.2) is 26.9 Å². The Balaban J connectivity index is 2.06. The largest absolute Gasteiger partial charge is 0.465 e. The lowest BCUT2D eigenvalue weighted by atomic mass is 10.1. The summed E-state index contributed by atoms with van der Waals surface area (Å²) in [5.41, 5.74) is 2.07. The third kappa shape index (κ3) is 4.26. The predicted octanol–water partition coefficient (Wildman–Crippen LogP) is 5.10. The highest BCUT2D eigenvalue weighted by molar-refractivity contribution is 6.36. The van der Waals surface area contributed by atoms with Gasteiger partial charge in [-0.15, -0.1) is 0 Å². The molecule has 0 fully saturated rings. The van der Waals surface area contributed by atoms with E-state index in [1.54, 1.807) is 28.8 Å². The Morgan fingerprint density at radius 1 is 1.29 bits per heavy atom. The number of nitrogens with zero attached hydrogens (tertiary/aromatic N) is 3. The van der Waals surface area contributed by atoms with Crippen LogP contribution in [0.25, 0.3) is 16.9 Å². The number of unbranched alkanes of at least 4 members (excludes halogenated alkanes) is 1. The van der Waals surface area contributed by atoms with E-state index < -0.39 is 10.9 Å². The molecule has 3 rings (SSSR count). The highest BCUT2D eigenvalue weighted by atomic mass is 35.5. The molecular weight excluding hydrogens is 405 g/mol. The fourth-order valence-electron chi connectivity index (χ4n) is 2.78. The molecule has 1 aromatic carbocycles. The fraction of sp³-hybridized carbons (Fsp3) is 0.263. The van der Waals surface area contributed by atoms with E-state index in [-0.39, 0.29) is 12.1 Å². The third-order valence-electron chi connectivity index (χ3n) is 4.16. The van der Waals surface area contributed by atoms with Crippen molar-refractivity contribution < 1.29 is 14.5 Å². The lowest BCUT2D eigenvalue weighted by Gasteiger charge is -2.07. The predicted molar refractivity (Wildman–Crippen MR) is 107 cm³/mol. The number of benzene rings is 1. The molecule has 0 unspecified atom stereocenters. The number of fused-ring (bicyclic) bond motifs is 1. The van der Waals surface area contributed by atoms with Gasteiger partial charge < -0.3 is 9.14 Å². The number of hydrogen-bond donors (Lipinski definition) is 0. The Morgan fingerprint density at radius 2 is 2.00 bits per heavy atom. The van der Waals surface area contributed by atoms with Crippen LogP contribution in [0, 0.1) is 10.1 Å².